The van der Waals surface area contributed by atoms with Crippen molar-refractivity contribution in [1.29, 1.82) is 0 Å². The molecule has 4 heteroatoms. The van der Waals surface area contributed by atoms with Gasteiger partial charge in [0, 0.05) is 11.1 Å². The Morgan fingerprint density at radius 3 is 2.04 bits per heavy atom. The summed E-state index contributed by atoms with van der Waals surface area (Å²) in [5, 5.41) is 7.74. The molecule has 0 spiro atoms. The van der Waals surface area contributed by atoms with E-state index in [9.17, 15) is 8.78 Å². The Morgan fingerprint density at radius 2 is 1.48 bits per heavy atom. The molecule has 2 aromatic carbocycles. The smallest absolute Gasteiger partial charge is 0.129 e. The minimum Gasteiger partial charge on any atom is -0.207 e. The Morgan fingerprint density at radius 1 is 0.913 bits per heavy atom. The molecule has 2 rings (SSSR count). The van der Waals surface area contributed by atoms with E-state index >= 15 is 0 Å². The van der Waals surface area contributed by atoms with Crippen LogP contribution < -0.4 is 0 Å². The third-order valence-corrected chi connectivity index (χ3v) is 3.58. The van der Waals surface area contributed by atoms with E-state index in [1.807, 2.05) is 12.1 Å². The predicted molar refractivity (Wildman–Crippen MR) is 91.3 cm³/mol. The van der Waals surface area contributed by atoms with E-state index in [0.717, 1.165) is 12.0 Å². The van der Waals surface area contributed by atoms with Crippen LogP contribution in [-0.4, -0.2) is 12.4 Å². The van der Waals surface area contributed by atoms with Gasteiger partial charge >= 0.3 is 0 Å². The molecule has 0 heterocycles. The molecular weight excluding hydrogens is 294 g/mol. The maximum absolute atomic E-state index is 13.4. The van der Waals surface area contributed by atoms with Gasteiger partial charge in [-0.1, -0.05) is 37.6 Å². The van der Waals surface area contributed by atoms with Crippen LogP contribution in [0.2, 0.25) is 0 Å². The zero-order valence-electron chi connectivity index (χ0n) is 13.4. The van der Waals surface area contributed by atoms with Gasteiger partial charge in [0.1, 0.15) is 11.6 Å². The van der Waals surface area contributed by atoms with Crippen LogP contribution in [0, 0.1) is 18.6 Å². The molecule has 0 N–H and O–H groups in total. The summed E-state index contributed by atoms with van der Waals surface area (Å²) in [5.74, 6) is -1.17. The van der Waals surface area contributed by atoms with Gasteiger partial charge in [0.25, 0.3) is 0 Å². The topological polar surface area (TPSA) is 24.7 Å². The summed E-state index contributed by atoms with van der Waals surface area (Å²) in [5.41, 5.74) is 2.59. The maximum Gasteiger partial charge on any atom is 0.129 e. The van der Waals surface area contributed by atoms with Crippen LogP contribution in [0.5, 0.6) is 0 Å². The molecule has 0 saturated carbocycles. The summed E-state index contributed by atoms with van der Waals surface area (Å²) in [6.07, 6.45) is 6.38. The van der Waals surface area contributed by atoms with Gasteiger partial charge in [-0.2, -0.15) is 10.2 Å². The molecule has 0 aliphatic rings. The molecule has 0 fully saturated rings. The second-order valence-electron chi connectivity index (χ2n) is 5.44. The molecule has 2 aromatic rings. The lowest BCUT2D eigenvalue weighted by atomic mass is 10.1. The van der Waals surface area contributed by atoms with Crippen molar-refractivity contribution in [1.82, 2.24) is 0 Å². The largest absolute Gasteiger partial charge is 0.207 e. The number of unbranched alkanes of at least 4 members (excludes halogenated alkanes) is 1. The van der Waals surface area contributed by atoms with Gasteiger partial charge in [0.05, 0.1) is 12.4 Å². The van der Waals surface area contributed by atoms with Crippen molar-refractivity contribution < 1.29 is 8.78 Å². The van der Waals surface area contributed by atoms with Crippen molar-refractivity contribution in [2.45, 2.75) is 33.1 Å². The van der Waals surface area contributed by atoms with Gasteiger partial charge in [-0.25, -0.2) is 8.78 Å². The Kier molecular flexibility index (Phi) is 6.15. The molecule has 0 aliphatic heterocycles. The number of nitrogens with zero attached hydrogens (tertiary/aromatic N) is 2. The first-order chi connectivity index (χ1) is 11.1. The molecule has 23 heavy (non-hydrogen) atoms. The zero-order valence-corrected chi connectivity index (χ0v) is 13.4. The van der Waals surface area contributed by atoms with Crippen molar-refractivity contribution in [3.63, 3.8) is 0 Å². The van der Waals surface area contributed by atoms with Crippen LogP contribution in [0.15, 0.2) is 46.6 Å². The van der Waals surface area contributed by atoms with Crippen molar-refractivity contribution in [2.24, 2.45) is 10.2 Å². The number of rotatable bonds is 6. The quantitative estimate of drug-likeness (QED) is 0.525. The van der Waals surface area contributed by atoms with E-state index in [1.165, 1.54) is 43.7 Å². The van der Waals surface area contributed by atoms with E-state index in [-0.39, 0.29) is 5.56 Å². The second-order valence-corrected chi connectivity index (χ2v) is 5.44. The highest BCUT2D eigenvalue weighted by Crippen LogP contribution is 2.13. The Hall–Kier alpha value is -2.36. The fraction of sp³-hybridized carbons (Fsp3) is 0.263. The van der Waals surface area contributed by atoms with Gasteiger partial charge in [0.15, 0.2) is 0 Å². The average molecular weight is 314 g/mol. The summed E-state index contributed by atoms with van der Waals surface area (Å²) in [7, 11) is 0. The van der Waals surface area contributed by atoms with E-state index < -0.39 is 11.6 Å². The molecule has 0 aromatic heterocycles. The van der Waals surface area contributed by atoms with Gasteiger partial charge in [0.2, 0.25) is 0 Å². The van der Waals surface area contributed by atoms with Crippen molar-refractivity contribution in [2.75, 3.05) is 0 Å². The summed E-state index contributed by atoms with van der Waals surface area (Å²) in [6.45, 7) is 3.57. The molecule has 0 bridgehead atoms. The highest BCUT2D eigenvalue weighted by atomic mass is 19.1. The third kappa shape index (κ3) is 5.09. The molecule has 120 valence electrons. The standard InChI is InChI=1S/C19H20F2N2/c1-3-4-5-15-6-8-16(9-7-15)12-22-23-13-17-10-18(20)14(2)19(21)11-17/h6-13H,3-5H2,1-2H3/b22-12+,23-13+. The molecule has 0 aliphatic carbocycles. The van der Waals surface area contributed by atoms with Gasteiger partial charge in [-0.3, -0.25) is 0 Å². The minimum absolute atomic E-state index is 0.00816. The maximum atomic E-state index is 13.4. The first kappa shape index (κ1) is 17.0. The van der Waals surface area contributed by atoms with Crippen LogP contribution in [0.1, 0.15) is 42.0 Å². The van der Waals surface area contributed by atoms with Crippen LogP contribution in [-0.2, 0) is 6.42 Å². The number of halogens is 2. The highest BCUT2D eigenvalue weighted by molar-refractivity contribution is 5.82. The monoisotopic (exact) mass is 314 g/mol. The molecular formula is C19H20F2N2. The van der Waals surface area contributed by atoms with Gasteiger partial charge in [-0.15, -0.1) is 0 Å². The lowest BCUT2D eigenvalue weighted by Crippen LogP contribution is -1.92. The fourth-order valence-electron chi connectivity index (χ4n) is 2.09. The summed E-state index contributed by atoms with van der Waals surface area (Å²) in [6, 6.07) is 10.6. The van der Waals surface area contributed by atoms with Crippen LogP contribution in [0.25, 0.3) is 0 Å². The molecule has 0 atom stereocenters. The summed E-state index contributed by atoms with van der Waals surface area (Å²) < 4.78 is 26.8. The van der Waals surface area contributed by atoms with Crippen LogP contribution >= 0.6 is 0 Å². The normalized spacial score (nSPS) is 11.7. The average Bonchev–Trinajstić information content (AvgIpc) is 2.55. The molecule has 0 saturated heterocycles. The summed E-state index contributed by atoms with van der Waals surface area (Å²) >= 11 is 0. The van der Waals surface area contributed by atoms with E-state index in [2.05, 4.69) is 29.3 Å². The third-order valence-electron chi connectivity index (χ3n) is 3.58. The first-order valence-electron chi connectivity index (χ1n) is 7.71. The lowest BCUT2D eigenvalue weighted by molar-refractivity contribution is 0.568. The minimum atomic E-state index is -0.585. The van der Waals surface area contributed by atoms with Crippen LogP contribution in [0.3, 0.4) is 0 Å². The number of benzene rings is 2. The van der Waals surface area contributed by atoms with E-state index in [4.69, 9.17) is 0 Å². The Bertz CT molecular complexity index is 681. The lowest BCUT2D eigenvalue weighted by Gasteiger charge is -2.00. The molecule has 0 radical (unpaired) electrons. The molecule has 0 amide bonds. The Balaban J connectivity index is 1.98. The fourth-order valence-corrected chi connectivity index (χ4v) is 2.09. The van der Waals surface area contributed by atoms with E-state index in [0.29, 0.717) is 5.56 Å². The predicted octanol–water partition coefficient (Wildman–Crippen LogP) is 5.07. The van der Waals surface area contributed by atoms with Crippen molar-refractivity contribution in [3.8, 4) is 0 Å². The number of hydrogen-bond acceptors (Lipinski definition) is 2. The van der Waals surface area contributed by atoms with E-state index in [1.54, 1.807) is 6.21 Å². The number of hydrogen-bond donors (Lipinski definition) is 0. The SMILES string of the molecule is CCCCc1ccc(/C=N/N=C/c2cc(F)c(C)c(F)c2)cc1. The second kappa shape index (κ2) is 8.32. The van der Waals surface area contributed by atoms with Gasteiger partial charge in [-0.05, 0) is 43.0 Å². The van der Waals surface area contributed by atoms with Gasteiger partial charge < -0.3 is 0 Å². The summed E-state index contributed by atoms with van der Waals surface area (Å²) in [4.78, 5) is 0. The first-order valence-corrected chi connectivity index (χ1v) is 7.71. The number of aryl methyl sites for hydroxylation is 1. The zero-order chi connectivity index (χ0) is 16.7. The van der Waals surface area contributed by atoms with Crippen LogP contribution in [0.4, 0.5) is 8.78 Å². The Labute approximate surface area is 135 Å². The van der Waals surface area contributed by atoms with Crippen molar-refractivity contribution in [3.05, 3.63) is 70.3 Å². The molecule has 2 nitrogen and oxygen atoms in total. The molecule has 0 unspecified atom stereocenters. The van der Waals surface area contributed by atoms with Crippen molar-refractivity contribution >= 4 is 12.4 Å². The highest BCUT2D eigenvalue weighted by Gasteiger charge is 2.04.